The number of nitrogens with zero attached hydrogens (tertiary/aromatic N) is 5. The number of benzene rings is 1. The lowest BCUT2D eigenvalue weighted by Crippen LogP contribution is -2.34. The number of nitrogens with two attached hydrogens (primary N) is 1. The molecular formula is C24H28FN7O4. The third-order valence-corrected chi connectivity index (χ3v) is 4.63. The van der Waals surface area contributed by atoms with Crippen LogP contribution >= 0.6 is 0 Å². The van der Waals surface area contributed by atoms with Crippen LogP contribution < -0.4 is 15.8 Å². The predicted octanol–water partition coefficient (Wildman–Crippen LogP) is 3.95. The van der Waals surface area contributed by atoms with Crippen LogP contribution in [0.2, 0.25) is 0 Å². The van der Waals surface area contributed by atoms with Crippen molar-refractivity contribution in [2.75, 3.05) is 14.1 Å². The number of ether oxygens (including phenoxy) is 2. The summed E-state index contributed by atoms with van der Waals surface area (Å²) in [6.07, 6.45) is 3.31. The molecule has 3 aromatic rings. The second kappa shape index (κ2) is 10.8. The first kappa shape index (κ1) is 26.1. The van der Waals surface area contributed by atoms with Gasteiger partial charge in [0.05, 0.1) is 17.8 Å². The summed E-state index contributed by atoms with van der Waals surface area (Å²) in [6.45, 7) is 5.59. The Morgan fingerprint density at radius 3 is 2.69 bits per heavy atom. The van der Waals surface area contributed by atoms with E-state index in [1.165, 1.54) is 29.0 Å². The van der Waals surface area contributed by atoms with Crippen molar-refractivity contribution in [3.8, 4) is 11.6 Å². The molecule has 0 aliphatic heterocycles. The van der Waals surface area contributed by atoms with Crippen LogP contribution in [0.3, 0.4) is 0 Å². The summed E-state index contributed by atoms with van der Waals surface area (Å²) in [4.78, 5) is 38.1. The largest absolute Gasteiger partial charge is 0.444 e. The number of aliphatic imine (C=N–C) groups is 1. The van der Waals surface area contributed by atoms with E-state index in [1.807, 2.05) is 0 Å². The summed E-state index contributed by atoms with van der Waals surface area (Å²) in [5.74, 6) is -0.235. The number of aromatic nitrogens is 3. The number of hydrogen-bond acceptors (Lipinski definition) is 7. The second-order valence-corrected chi connectivity index (χ2v) is 8.75. The number of nitrogens with one attached hydrogen (secondary N) is 1. The predicted molar refractivity (Wildman–Crippen MR) is 132 cm³/mol. The van der Waals surface area contributed by atoms with Crippen LogP contribution in [0.1, 0.15) is 26.5 Å². The lowest BCUT2D eigenvalue weighted by molar-refractivity contribution is 0.0283. The molecule has 11 nitrogen and oxygen atoms in total. The molecule has 0 atom stereocenters. The Kier molecular flexibility index (Phi) is 7.87. The van der Waals surface area contributed by atoms with E-state index in [0.717, 1.165) is 6.08 Å². The smallest absolute Gasteiger partial charge is 0.410 e. The van der Waals surface area contributed by atoms with Crippen molar-refractivity contribution in [2.45, 2.75) is 32.9 Å². The molecule has 0 spiro atoms. The highest BCUT2D eigenvalue weighted by Gasteiger charge is 2.20. The fourth-order valence-corrected chi connectivity index (χ4v) is 3.04. The van der Waals surface area contributed by atoms with Crippen molar-refractivity contribution in [3.05, 3.63) is 60.6 Å². The van der Waals surface area contributed by atoms with Gasteiger partial charge in [-0.3, -0.25) is 4.57 Å². The Morgan fingerprint density at radius 1 is 1.25 bits per heavy atom. The van der Waals surface area contributed by atoms with E-state index in [0.29, 0.717) is 22.3 Å². The fourth-order valence-electron chi connectivity index (χ4n) is 3.04. The van der Waals surface area contributed by atoms with E-state index < -0.39 is 23.7 Å². The van der Waals surface area contributed by atoms with Gasteiger partial charge in [0.1, 0.15) is 23.5 Å². The van der Waals surface area contributed by atoms with Crippen LogP contribution in [-0.2, 0) is 11.3 Å². The molecule has 0 aliphatic rings. The Morgan fingerprint density at radius 2 is 2.00 bits per heavy atom. The molecule has 0 radical (unpaired) electrons. The summed E-state index contributed by atoms with van der Waals surface area (Å²) in [7, 11) is 2.99. The van der Waals surface area contributed by atoms with Crippen LogP contribution in [-0.4, -0.2) is 57.1 Å². The van der Waals surface area contributed by atoms with Gasteiger partial charge in [-0.15, -0.1) is 0 Å². The van der Waals surface area contributed by atoms with Gasteiger partial charge in [-0.05, 0) is 45.0 Å². The Labute approximate surface area is 207 Å². The second-order valence-electron chi connectivity index (χ2n) is 8.75. The van der Waals surface area contributed by atoms with E-state index in [-0.39, 0.29) is 18.3 Å². The third-order valence-electron chi connectivity index (χ3n) is 4.63. The van der Waals surface area contributed by atoms with Gasteiger partial charge in [0, 0.05) is 37.8 Å². The van der Waals surface area contributed by atoms with Crippen molar-refractivity contribution in [2.24, 2.45) is 10.7 Å². The number of fused-ring (bicyclic) bond motifs is 1. The monoisotopic (exact) mass is 497 g/mol. The minimum absolute atomic E-state index is 0.203. The summed E-state index contributed by atoms with van der Waals surface area (Å²) in [5, 5.41) is 2.95. The topological polar surface area (TPSA) is 137 Å². The van der Waals surface area contributed by atoms with Crippen molar-refractivity contribution in [3.63, 3.8) is 0 Å². The fraction of sp³-hybridized carbons (Fsp3) is 0.292. The van der Waals surface area contributed by atoms with E-state index in [1.54, 1.807) is 58.2 Å². The highest BCUT2D eigenvalue weighted by molar-refractivity contribution is 6.02. The Balaban J connectivity index is 1.73. The lowest BCUT2D eigenvalue weighted by atomic mass is 10.2. The number of carbonyl (C=O) groups excluding carboxylic acids is 2. The Hall–Kier alpha value is -4.48. The van der Waals surface area contributed by atoms with Gasteiger partial charge in [0.2, 0.25) is 5.88 Å². The van der Waals surface area contributed by atoms with Gasteiger partial charge in [-0.25, -0.2) is 19.6 Å². The SMILES string of the molecule is CN/C(F)=C\C(N)=N/C(=O)n1ccc2cc(Oc3cc(CN(C)C(=O)OC(C)(C)C)ncn3)ccc21. The average molecular weight is 498 g/mol. The normalized spacial score (nSPS) is 12.4. The van der Waals surface area contributed by atoms with Crippen molar-refractivity contribution in [1.82, 2.24) is 24.8 Å². The molecule has 0 fully saturated rings. The molecule has 12 heteroatoms. The zero-order valence-electron chi connectivity index (χ0n) is 20.7. The molecule has 36 heavy (non-hydrogen) atoms. The van der Waals surface area contributed by atoms with Gasteiger partial charge in [0.25, 0.3) is 0 Å². The molecule has 0 saturated carbocycles. The summed E-state index contributed by atoms with van der Waals surface area (Å²) in [6, 6.07) is 7.71. The average Bonchev–Trinajstić information content (AvgIpc) is 3.21. The number of halogens is 1. The molecule has 3 rings (SSSR count). The minimum atomic E-state index is -0.715. The Bertz CT molecular complexity index is 1330. The van der Waals surface area contributed by atoms with Gasteiger partial charge in [-0.2, -0.15) is 9.38 Å². The molecule has 2 amide bonds. The quantitative estimate of drug-likeness (QED) is 0.297. The maximum atomic E-state index is 13.3. The third kappa shape index (κ3) is 7.01. The number of rotatable bonds is 6. The van der Waals surface area contributed by atoms with Crippen molar-refractivity contribution < 1.29 is 23.5 Å². The summed E-state index contributed by atoms with van der Waals surface area (Å²) in [5.41, 5.74) is 6.11. The van der Waals surface area contributed by atoms with Gasteiger partial charge < -0.3 is 25.4 Å². The first-order chi connectivity index (χ1) is 16.9. The maximum Gasteiger partial charge on any atom is 0.410 e. The van der Waals surface area contributed by atoms with Crippen LogP contribution in [0.5, 0.6) is 11.6 Å². The molecule has 1 aromatic carbocycles. The molecule has 0 bridgehead atoms. The van der Waals surface area contributed by atoms with Crippen LogP contribution in [0.25, 0.3) is 10.9 Å². The van der Waals surface area contributed by atoms with Crippen molar-refractivity contribution >= 4 is 28.9 Å². The molecule has 190 valence electrons. The van der Waals surface area contributed by atoms with E-state index >= 15 is 0 Å². The van der Waals surface area contributed by atoms with E-state index in [9.17, 15) is 14.0 Å². The summed E-state index contributed by atoms with van der Waals surface area (Å²) >= 11 is 0. The molecule has 0 unspecified atom stereocenters. The molecule has 3 N–H and O–H groups in total. The first-order valence-electron chi connectivity index (χ1n) is 10.9. The van der Waals surface area contributed by atoms with Crippen LogP contribution in [0.4, 0.5) is 14.0 Å². The highest BCUT2D eigenvalue weighted by atomic mass is 19.1. The van der Waals surface area contributed by atoms with Crippen LogP contribution in [0.15, 0.2) is 59.9 Å². The minimum Gasteiger partial charge on any atom is -0.444 e. The van der Waals surface area contributed by atoms with Gasteiger partial charge >= 0.3 is 12.1 Å². The van der Waals surface area contributed by atoms with Crippen LogP contribution in [0, 0.1) is 0 Å². The maximum absolute atomic E-state index is 13.3. The number of amidine groups is 1. The zero-order valence-corrected chi connectivity index (χ0v) is 20.7. The number of amides is 2. The number of hydrogen-bond donors (Lipinski definition) is 2. The number of carbonyl (C=O) groups is 2. The molecule has 2 heterocycles. The van der Waals surface area contributed by atoms with E-state index in [2.05, 4.69) is 20.3 Å². The zero-order chi connectivity index (χ0) is 26.5. The lowest BCUT2D eigenvalue weighted by Gasteiger charge is -2.24. The standard InChI is InChI=1S/C24H28FN7O4/c1-24(2,3)36-23(34)31(5)13-16-11-21(29-14-28-16)35-17-6-7-18-15(10-17)8-9-32(18)22(33)30-20(26)12-19(25)27-4/h6-12,14,27H,13H2,1-5H3,(H2,26,30,33)/b19-12-. The molecule has 0 saturated heterocycles. The first-order valence-corrected chi connectivity index (χ1v) is 10.9. The molecular weight excluding hydrogens is 469 g/mol. The highest BCUT2D eigenvalue weighted by Crippen LogP contribution is 2.26. The van der Waals surface area contributed by atoms with Gasteiger partial charge in [-0.1, -0.05) is 0 Å². The molecule has 2 aromatic heterocycles. The van der Waals surface area contributed by atoms with Gasteiger partial charge in [0.15, 0.2) is 5.95 Å². The molecule has 0 aliphatic carbocycles. The summed E-state index contributed by atoms with van der Waals surface area (Å²) < 4.78 is 25.7. The van der Waals surface area contributed by atoms with E-state index in [4.69, 9.17) is 15.2 Å². The van der Waals surface area contributed by atoms with Crippen molar-refractivity contribution in [1.29, 1.82) is 0 Å².